The van der Waals surface area contributed by atoms with E-state index >= 15 is 0 Å². The van der Waals surface area contributed by atoms with Crippen molar-refractivity contribution in [3.05, 3.63) is 12.2 Å². The summed E-state index contributed by atoms with van der Waals surface area (Å²) in [7, 11) is 0. The summed E-state index contributed by atoms with van der Waals surface area (Å²) < 4.78 is 0. The van der Waals surface area contributed by atoms with E-state index in [1.807, 2.05) is 32.9 Å². The first-order chi connectivity index (χ1) is 7.23. The van der Waals surface area contributed by atoms with Gasteiger partial charge in [0.1, 0.15) is 0 Å². The Morgan fingerprint density at radius 1 is 1.12 bits per heavy atom. The molecule has 0 saturated heterocycles. The van der Waals surface area contributed by atoms with Gasteiger partial charge in [0.05, 0.1) is 11.8 Å². The number of allylic oxidation sites excluding steroid dienone is 2. The van der Waals surface area contributed by atoms with Crippen molar-refractivity contribution in [1.82, 2.24) is 0 Å². The number of rotatable bonds is 2. The Morgan fingerprint density at radius 2 is 1.69 bits per heavy atom. The molecule has 16 heavy (non-hydrogen) atoms. The molecular formula is C12H16O4. The fourth-order valence-corrected chi connectivity index (χ4v) is 3.48. The molecule has 0 heterocycles. The molecule has 2 rings (SSSR count). The number of fused-ring (bicyclic) bond motifs is 2. The number of hydrogen-bond acceptors (Lipinski definition) is 2. The third-order valence-electron chi connectivity index (χ3n) is 4.81. The van der Waals surface area contributed by atoms with Crippen LogP contribution in [0.3, 0.4) is 0 Å². The minimum atomic E-state index is -1.00. The Kier molecular flexibility index (Phi) is 2.00. The molecule has 4 nitrogen and oxygen atoms in total. The molecule has 0 spiro atoms. The molecule has 88 valence electrons. The van der Waals surface area contributed by atoms with Crippen molar-refractivity contribution in [2.75, 3.05) is 0 Å². The Morgan fingerprint density at radius 3 is 2.06 bits per heavy atom. The molecule has 0 aromatic heterocycles. The molecule has 4 atom stereocenters. The predicted molar refractivity (Wildman–Crippen MR) is 56.8 cm³/mol. The molecule has 4 heteroatoms. The summed E-state index contributed by atoms with van der Waals surface area (Å²) in [6, 6.07) is 0. The van der Waals surface area contributed by atoms with Gasteiger partial charge in [0.2, 0.25) is 0 Å². The third kappa shape index (κ3) is 0.996. The number of aliphatic carboxylic acids is 2. The van der Waals surface area contributed by atoms with E-state index in [1.54, 1.807) is 0 Å². The molecule has 0 aromatic carbocycles. The van der Waals surface area contributed by atoms with Crippen molar-refractivity contribution in [3.8, 4) is 0 Å². The van der Waals surface area contributed by atoms with Gasteiger partial charge in [-0.05, 0) is 11.3 Å². The molecule has 2 bridgehead atoms. The average molecular weight is 224 g/mol. The van der Waals surface area contributed by atoms with E-state index in [0.29, 0.717) is 0 Å². The fourth-order valence-electron chi connectivity index (χ4n) is 3.48. The normalized spacial score (nSPS) is 43.6. The number of carboxylic acids is 2. The van der Waals surface area contributed by atoms with Crippen LogP contribution in [0.5, 0.6) is 0 Å². The highest BCUT2D eigenvalue weighted by Gasteiger charge is 2.68. The van der Waals surface area contributed by atoms with Gasteiger partial charge in [-0.2, -0.15) is 0 Å². The molecule has 1 saturated carbocycles. The second-order valence-electron chi connectivity index (χ2n) is 5.57. The average Bonchev–Trinajstić information content (AvgIpc) is 2.45. The molecule has 1 fully saturated rings. The first kappa shape index (κ1) is 11.2. The lowest BCUT2D eigenvalue weighted by molar-refractivity contribution is -0.155. The first-order valence-corrected chi connectivity index (χ1v) is 5.38. The number of hydrogen-bond donors (Lipinski definition) is 2. The third-order valence-corrected chi connectivity index (χ3v) is 4.81. The van der Waals surface area contributed by atoms with Crippen LogP contribution in [0.25, 0.3) is 0 Å². The SMILES string of the molecule is CC1(C)C2C=CC1(C)C(C(=O)O)C2C(=O)O. The molecule has 2 aliphatic carbocycles. The summed E-state index contributed by atoms with van der Waals surface area (Å²) in [5.74, 6) is -3.82. The monoisotopic (exact) mass is 224 g/mol. The summed E-state index contributed by atoms with van der Waals surface area (Å²) in [5.41, 5.74) is -0.869. The van der Waals surface area contributed by atoms with Crippen molar-refractivity contribution < 1.29 is 19.8 Å². The zero-order valence-electron chi connectivity index (χ0n) is 9.60. The van der Waals surface area contributed by atoms with Crippen LogP contribution < -0.4 is 0 Å². The minimum absolute atomic E-state index is 0.184. The quantitative estimate of drug-likeness (QED) is 0.699. The van der Waals surface area contributed by atoms with Gasteiger partial charge in [0.25, 0.3) is 0 Å². The Balaban J connectivity index is 2.57. The molecule has 0 aromatic rings. The Hall–Kier alpha value is -1.32. The van der Waals surface area contributed by atoms with Crippen molar-refractivity contribution >= 4 is 11.9 Å². The van der Waals surface area contributed by atoms with Gasteiger partial charge in [0, 0.05) is 5.41 Å². The van der Waals surface area contributed by atoms with Gasteiger partial charge < -0.3 is 10.2 Å². The van der Waals surface area contributed by atoms with Gasteiger partial charge in [-0.1, -0.05) is 32.9 Å². The second kappa shape index (κ2) is 2.87. The molecule has 0 aliphatic heterocycles. The lowest BCUT2D eigenvalue weighted by Crippen LogP contribution is -2.38. The van der Waals surface area contributed by atoms with E-state index in [0.717, 1.165) is 0 Å². The van der Waals surface area contributed by atoms with Crippen LogP contribution in [0.15, 0.2) is 12.2 Å². The molecule has 2 aliphatic rings. The first-order valence-electron chi connectivity index (χ1n) is 5.38. The van der Waals surface area contributed by atoms with E-state index in [-0.39, 0.29) is 11.3 Å². The van der Waals surface area contributed by atoms with Gasteiger partial charge >= 0.3 is 11.9 Å². The van der Waals surface area contributed by atoms with Crippen LogP contribution in [-0.2, 0) is 9.59 Å². The second-order valence-corrected chi connectivity index (χ2v) is 5.57. The van der Waals surface area contributed by atoms with Crippen molar-refractivity contribution in [3.63, 3.8) is 0 Å². The zero-order chi connectivity index (χ0) is 12.3. The van der Waals surface area contributed by atoms with Gasteiger partial charge in [0.15, 0.2) is 0 Å². The standard InChI is InChI=1S/C12H16O4/c1-11(2)6-4-5-12(11,3)8(10(15)16)7(6)9(13)14/h4-8H,1-3H3,(H,13,14)(H,15,16). The van der Waals surface area contributed by atoms with Crippen LogP contribution in [0.1, 0.15) is 20.8 Å². The van der Waals surface area contributed by atoms with Crippen LogP contribution in [0.2, 0.25) is 0 Å². The fraction of sp³-hybridized carbons (Fsp3) is 0.667. The summed E-state index contributed by atoms with van der Waals surface area (Å²) in [6.07, 6.45) is 3.76. The molecule has 2 N–H and O–H groups in total. The topological polar surface area (TPSA) is 74.6 Å². The maximum Gasteiger partial charge on any atom is 0.308 e. The van der Waals surface area contributed by atoms with E-state index in [2.05, 4.69) is 0 Å². The summed E-state index contributed by atoms with van der Waals surface area (Å²) >= 11 is 0. The summed E-state index contributed by atoms with van der Waals surface area (Å²) in [6.45, 7) is 5.76. The van der Waals surface area contributed by atoms with Crippen molar-refractivity contribution in [1.29, 1.82) is 0 Å². The summed E-state index contributed by atoms with van der Waals surface area (Å²) in [4.78, 5) is 22.5. The highest BCUT2D eigenvalue weighted by molar-refractivity contribution is 5.83. The van der Waals surface area contributed by atoms with Crippen LogP contribution in [0, 0.1) is 28.6 Å². The van der Waals surface area contributed by atoms with Crippen molar-refractivity contribution in [2.24, 2.45) is 28.6 Å². The maximum absolute atomic E-state index is 11.3. The van der Waals surface area contributed by atoms with Gasteiger partial charge in [-0.3, -0.25) is 9.59 Å². The largest absolute Gasteiger partial charge is 0.481 e. The highest BCUT2D eigenvalue weighted by Crippen LogP contribution is 2.66. The van der Waals surface area contributed by atoms with E-state index in [9.17, 15) is 19.8 Å². The number of carboxylic acid groups (broad SMARTS) is 2. The minimum Gasteiger partial charge on any atom is -0.481 e. The van der Waals surface area contributed by atoms with Gasteiger partial charge in [-0.25, -0.2) is 0 Å². The molecule has 0 radical (unpaired) electrons. The van der Waals surface area contributed by atoms with E-state index < -0.39 is 29.2 Å². The smallest absolute Gasteiger partial charge is 0.308 e. The zero-order valence-corrected chi connectivity index (χ0v) is 9.60. The molecular weight excluding hydrogens is 208 g/mol. The highest BCUT2D eigenvalue weighted by atomic mass is 16.4. The van der Waals surface area contributed by atoms with E-state index in [1.165, 1.54) is 0 Å². The van der Waals surface area contributed by atoms with Crippen LogP contribution >= 0.6 is 0 Å². The lowest BCUT2D eigenvalue weighted by Gasteiger charge is -2.36. The summed E-state index contributed by atoms with van der Waals surface area (Å²) in [5, 5.41) is 18.5. The Labute approximate surface area is 94.0 Å². The molecule has 4 unspecified atom stereocenters. The number of carbonyl (C=O) groups is 2. The van der Waals surface area contributed by atoms with Crippen molar-refractivity contribution in [2.45, 2.75) is 20.8 Å². The Bertz CT molecular complexity index is 396. The van der Waals surface area contributed by atoms with Crippen LogP contribution in [-0.4, -0.2) is 22.2 Å². The van der Waals surface area contributed by atoms with Gasteiger partial charge in [-0.15, -0.1) is 0 Å². The predicted octanol–water partition coefficient (Wildman–Crippen LogP) is 1.62. The lowest BCUT2D eigenvalue weighted by atomic mass is 9.67. The van der Waals surface area contributed by atoms with Crippen LogP contribution in [0.4, 0.5) is 0 Å². The molecule has 0 amide bonds. The van der Waals surface area contributed by atoms with E-state index in [4.69, 9.17) is 0 Å². The maximum atomic E-state index is 11.3.